The lowest BCUT2D eigenvalue weighted by atomic mass is 10.3. The predicted octanol–water partition coefficient (Wildman–Crippen LogP) is 1.48. The molecule has 1 aromatic heterocycles. The van der Waals surface area contributed by atoms with Gasteiger partial charge in [0.25, 0.3) is 0 Å². The maximum absolute atomic E-state index is 11.4. The van der Waals surface area contributed by atoms with E-state index in [9.17, 15) is 4.79 Å². The third-order valence-electron chi connectivity index (χ3n) is 1.94. The van der Waals surface area contributed by atoms with E-state index in [-0.39, 0.29) is 5.97 Å². The topological polar surface area (TPSA) is 55.0 Å². The van der Waals surface area contributed by atoms with Crippen LogP contribution >= 0.6 is 0 Å². The largest absolute Gasteiger partial charge is 0.464 e. The van der Waals surface area contributed by atoms with Crippen molar-refractivity contribution in [2.45, 2.75) is 19.9 Å². The van der Waals surface area contributed by atoms with Crippen molar-refractivity contribution in [2.24, 2.45) is 0 Å². The summed E-state index contributed by atoms with van der Waals surface area (Å²) in [5.41, 5.74) is 0.463. The van der Waals surface area contributed by atoms with E-state index in [2.05, 4.69) is 0 Å². The van der Waals surface area contributed by atoms with E-state index in [1.165, 1.54) is 0 Å². The molecule has 0 N–H and O–H groups in total. The molecule has 0 aliphatic carbocycles. The molecule has 0 amide bonds. The van der Waals surface area contributed by atoms with Crippen LogP contribution in [0.5, 0.6) is 0 Å². The minimum absolute atomic E-state index is 0.319. The van der Waals surface area contributed by atoms with Crippen LogP contribution in [-0.2, 0) is 9.53 Å². The van der Waals surface area contributed by atoms with Gasteiger partial charge in [0, 0.05) is 6.20 Å². The van der Waals surface area contributed by atoms with Crippen LogP contribution in [0.25, 0.3) is 0 Å². The first-order valence-corrected chi connectivity index (χ1v) is 4.44. The van der Waals surface area contributed by atoms with Gasteiger partial charge >= 0.3 is 5.97 Å². The average molecular weight is 192 g/mol. The van der Waals surface area contributed by atoms with Gasteiger partial charge in [0.05, 0.1) is 6.61 Å². The molecular formula is C10H12N2O2. The zero-order valence-corrected chi connectivity index (χ0v) is 8.23. The van der Waals surface area contributed by atoms with Crippen LogP contribution < -0.4 is 0 Å². The van der Waals surface area contributed by atoms with Crippen LogP contribution in [0, 0.1) is 11.3 Å². The summed E-state index contributed by atoms with van der Waals surface area (Å²) in [6, 6.07) is 4.96. The van der Waals surface area contributed by atoms with Gasteiger partial charge in [-0.25, -0.2) is 4.79 Å². The lowest BCUT2D eigenvalue weighted by molar-refractivity contribution is -0.146. The van der Waals surface area contributed by atoms with Crippen LogP contribution in [0.1, 0.15) is 25.6 Å². The molecule has 74 valence electrons. The van der Waals surface area contributed by atoms with Crippen molar-refractivity contribution in [2.75, 3.05) is 6.61 Å². The summed E-state index contributed by atoms with van der Waals surface area (Å²) >= 11 is 0. The number of nitrogens with zero attached hydrogens (tertiary/aromatic N) is 2. The fraction of sp³-hybridized carbons (Fsp3) is 0.400. The molecule has 4 heteroatoms. The lowest BCUT2D eigenvalue weighted by Gasteiger charge is -2.12. The Balaban J connectivity index is 2.84. The van der Waals surface area contributed by atoms with Crippen molar-refractivity contribution in [3.8, 4) is 6.07 Å². The number of rotatable bonds is 3. The van der Waals surface area contributed by atoms with Crippen LogP contribution in [-0.4, -0.2) is 17.1 Å². The SMILES string of the molecule is CCOC(=O)C(C)n1cccc1C#N. The summed E-state index contributed by atoms with van der Waals surface area (Å²) < 4.78 is 6.45. The van der Waals surface area contributed by atoms with Crippen LogP contribution in [0.15, 0.2) is 18.3 Å². The molecule has 0 aromatic carbocycles. The van der Waals surface area contributed by atoms with Gasteiger partial charge in [0.1, 0.15) is 17.8 Å². The highest BCUT2D eigenvalue weighted by atomic mass is 16.5. The number of hydrogen-bond acceptors (Lipinski definition) is 3. The monoisotopic (exact) mass is 192 g/mol. The van der Waals surface area contributed by atoms with Gasteiger partial charge in [-0.3, -0.25) is 0 Å². The minimum Gasteiger partial charge on any atom is -0.464 e. The first kappa shape index (κ1) is 10.3. The molecule has 0 saturated heterocycles. The summed E-state index contributed by atoms with van der Waals surface area (Å²) in [5.74, 6) is -0.319. The zero-order chi connectivity index (χ0) is 10.6. The quantitative estimate of drug-likeness (QED) is 0.681. The minimum atomic E-state index is -0.445. The number of nitriles is 1. The van der Waals surface area contributed by atoms with Gasteiger partial charge in [-0.05, 0) is 26.0 Å². The van der Waals surface area contributed by atoms with Gasteiger partial charge in [-0.1, -0.05) is 0 Å². The van der Waals surface area contributed by atoms with Crippen LogP contribution in [0.4, 0.5) is 0 Å². The highest BCUT2D eigenvalue weighted by Crippen LogP contribution is 2.12. The smallest absolute Gasteiger partial charge is 0.328 e. The number of hydrogen-bond donors (Lipinski definition) is 0. The third-order valence-corrected chi connectivity index (χ3v) is 1.94. The Morgan fingerprint density at radius 2 is 2.50 bits per heavy atom. The van der Waals surface area contributed by atoms with E-state index in [1.54, 1.807) is 36.7 Å². The molecule has 0 radical (unpaired) electrons. The Bertz CT molecular complexity index is 362. The molecule has 0 spiro atoms. The second-order valence-corrected chi connectivity index (χ2v) is 2.84. The maximum Gasteiger partial charge on any atom is 0.328 e. The van der Waals surface area contributed by atoms with Gasteiger partial charge in [-0.15, -0.1) is 0 Å². The molecule has 0 aliphatic rings. The molecule has 4 nitrogen and oxygen atoms in total. The number of carbonyl (C=O) groups excluding carboxylic acids is 1. The van der Waals surface area contributed by atoms with E-state index in [0.29, 0.717) is 12.3 Å². The molecule has 1 aromatic rings. The van der Waals surface area contributed by atoms with E-state index in [1.807, 2.05) is 6.07 Å². The second kappa shape index (κ2) is 4.47. The molecule has 0 fully saturated rings. The predicted molar refractivity (Wildman–Crippen MR) is 50.5 cm³/mol. The number of ether oxygens (including phenoxy) is 1. The fourth-order valence-electron chi connectivity index (χ4n) is 1.20. The molecule has 0 bridgehead atoms. The summed E-state index contributed by atoms with van der Waals surface area (Å²) in [6.45, 7) is 3.82. The molecular weight excluding hydrogens is 180 g/mol. The van der Waals surface area contributed by atoms with E-state index < -0.39 is 6.04 Å². The Kier molecular flexibility index (Phi) is 3.29. The summed E-state index contributed by atoms with van der Waals surface area (Å²) in [7, 11) is 0. The van der Waals surface area contributed by atoms with Gasteiger partial charge in [0.15, 0.2) is 0 Å². The number of aromatic nitrogens is 1. The van der Waals surface area contributed by atoms with E-state index in [0.717, 1.165) is 0 Å². The Labute approximate surface area is 82.7 Å². The normalized spacial score (nSPS) is 11.8. The van der Waals surface area contributed by atoms with Crippen LogP contribution in [0.3, 0.4) is 0 Å². The first-order valence-electron chi connectivity index (χ1n) is 4.44. The molecule has 0 saturated carbocycles. The first-order chi connectivity index (χ1) is 6.70. The Morgan fingerprint density at radius 3 is 3.07 bits per heavy atom. The van der Waals surface area contributed by atoms with Crippen molar-refractivity contribution in [3.05, 3.63) is 24.0 Å². The van der Waals surface area contributed by atoms with E-state index >= 15 is 0 Å². The molecule has 1 atom stereocenters. The van der Waals surface area contributed by atoms with Crippen molar-refractivity contribution in [3.63, 3.8) is 0 Å². The standard InChI is InChI=1S/C10H12N2O2/c1-3-14-10(13)8(2)12-6-4-5-9(12)7-11/h4-6,8H,3H2,1-2H3. The van der Waals surface area contributed by atoms with Crippen molar-refractivity contribution < 1.29 is 9.53 Å². The second-order valence-electron chi connectivity index (χ2n) is 2.84. The van der Waals surface area contributed by atoms with Crippen LogP contribution in [0.2, 0.25) is 0 Å². The van der Waals surface area contributed by atoms with Gasteiger partial charge in [0.2, 0.25) is 0 Å². The lowest BCUT2D eigenvalue weighted by Crippen LogP contribution is -2.19. The highest BCUT2D eigenvalue weighted by Gasteiger charge is 2.17. The van der Waals surface area contributed by atoms with Gasteiger partial charge in [-0.2, -0.15) is 5.26 Å². The van der Waals surface area contributed by atoms with E-state index in [4.69, 9.17) is 10.00 Å². The van der Waals surface area contributed by atoms with Crippen molar-refractivity contribution in [1.29, 1.82) is 5.26 Å². The Hall–Kier alpha value is -1.76. The van der Waals surface area contributed by atoms with Crippen molar-refractivity contribution in [1.82, 2.24) is 4.57 Å². The summed E-state index contributed by atoms with van der Waals surface area (Å²) in [5, 5.41) is 8.74. The molecule has 1 unspecified atom stereocenters. The highest BCUT2D eigenvalue weighted by molar-refractivity contribution is 5.74. The number of carbonyl (C=O) groups is 1. The molecule has 0 aliphatic heterocycles. The third kappa shape index (κ3) is 1.94. The number of esters is 1. The van der Waals surface area contributed by atoms with Crippen molar-refractivity contribution >= 4 is 5.97 Å². The Morgan fingerprint density at radius 1 is 1.79 bits per heavy atom. The maximum atomic E-state index is 11.4. The fourth-order valence-corrected chi connectivity index (χ4v) is 1.20. The summed E-state index contributed by atoms with van der Waals surface area (Å²) in [6.07, 6.45) is 1.69. The molecule has 1 heterocycles. The molecule has 1 rings (SSSR count). The summed E-state index contributed by atoms with van der Waals surface area (Å²) in [4.78, 5) is 11.4. The molecule has 14 heavy (non-hydrogen) atoms. The van der Waals surface area contributed by atoms with Gasteiger partial charge < -0.3 is 9.30 Å². The zero-order valence-electron chi connectivity index (χ0n) is 8.23. The average Bonchev–Trinajstić information content (AvgIpc) is 2.64.